The van der Waals surface area contributed by atoms with Gasteiger partial charge in [0.15, 0.2) is 0 Å². The lowest BCUT2D eigenvalue weighted by Crippen LogP contribution is -2.46. The van der Waals surface area contributed by atoms with Crippen LogP contribution in [0.3, 0.4) is 0 Å². The van der Waals surface area contributed by atoms with Crippen LogP contribution in [0.15, 0.2) is 36.4 Å². The van der Waals surface area contributed by atoms with Crippen LogP contribution < -0.4 is 5.32 Å². The third kappa shape index (κ3) is 4.42. The first-order chi connectivity index (χ1) is 15.9. The molecule has 0 bridgehead atoms. The lowest BCUT2D eigenvalue weighted by Gasteiger charge is -2.38. The van der Waals surface area contributed by atoms with E-state index >= 15 is 0 Å². The van der Waals surface area contributed by atoms with E-state index in [1.54, 1.807) is 0 Å². The maximum absolute atomic E-state index is 11.7. The Morgan fingerprint density at radius 1 is 1.15 bits per heavy atom. The summed E-state index contributed by atoms with van der Waals surface area (Å²) in [6, 6.07) is 12.8. The minimum atomic E-state index is -0.407. The van der Waals surface area contributed by atoms with E-state index in [1.165, 1.54) is 16.7 Å². The largest absolute Gasteiger partial charge is 0.390 e. The number of carbonyl (C=O) groups excluding carboxylic acids is 1. The number of fused-ring (bicyclic) bond motifs is 2. The Bertz CT molecular complexity index is 1180. The van der Waals surface area contributed by atoms with Crippen molar-refractivity contribution in [3.05, 3.63) is 58.9 Å². The minimum Gasteiger partial charge on any atom is -0.390 e. The van der Waals surface area contributed by atoms with Crippen LogP contribution in [-0.2, 0) is 17.6 Å². The zero-order valence-electron chi connectivity index (χ0n) is 19.8. The van der Waals surface area contributed by atoms with Crippen LogP contribution in [0.2, 0.25) is 0 Å². The molecule has 1 aliphatic heterocycles. The molecule has 0 radical (unpaired) electrons. The molecule has 1 aliphatic carbocycles. The molecule has 5 rings (SSSR count). The number of anilines is 1. The Balaban J connectivity index is 1.22. The Morgan fingerprint density at radius 2 is 1.97 bits per heavy atom. The van der Waals surface area contributed by atoms with E-state index in [2.05, 4.69) is 52.0 Å². The molecule has 6 heteroatoms. The van der Waals surface area contributed by atoms with Gasteiger partial charge in [0.05, 0.1) is 23.2 Å². The average molecular weight is 447 g/mol. The van der Waals surface area contributed by atoms with Gasteiger partial charge in [-0.1, -0.05) is 19.1 Å². The predicted molar refractivity (Wildman–Crippen MR) is 132 cm³/mol. The standard InChI is InChI=1S/C27H34N4O2/c1-4-27(33)29-22-7-6-20-12-19(13-21(20)14-22)15-30-10-9-25(26(32)16-30)31-18(3)28-23-11-17(2)5-8-24(23)31/h5-8,11,14,19,25-26,32H,4,9-10,12-13,15-16H2,1-3H3,(H,29,33)/t19?,25-,26-/m1/s1. The molecule has 3 atom stereocenters. The summed E-state index contributed by atoms with van der Waals surface area (Å²) < 4.78 is 2.24. The molecule has 1 saturated heterocycles. The summed E-state index contributed by atoms with van der Waals surface area (Å²) >= 11 is 0. The van der Waals surface area contributed by atoms with Gasteiger partial charge in [0, 0.05) is 31.7 Å². The number of hydrogen-bond acceptors (Lipinski definition) is 4. The smallest absolute Gasteiger partial charge is 0.224 e. The molecule has 1 aromatic heterocycles. The van der Waals surface area contributed by atoms with Crippen LogP contribution in [0.4, 0.5) is 5.69 Å². The topological polar surface area (TPSA) is 70.4 Å². The van der Waals surface area contributed by atoms with Gasteiger partial charge in [-0.3, -0.25) is 4.79 Å². The third-order valence-electron chi connectivity index (χ3n) is 7.33. The van der Waals surface area contributed by atoms with E-state index in [1.807, 2.05) is 19.9 Å². The van der Waals surface area contributed by atoms with Gasteiger partial charge in [0.2, 0.25) is 5.91 Å². The number of imidazole rings is 1. The lowest BCUT2D eigenvalue weighted by molar-refractivity contribution is -0.115. The molecule has 2 heterocycles. The second kappa shape index (κ2) is 8.92. The number of aliphatic hydroxyl groups excluding tert-OH is 1. The Hall–Kier alpha value is -2.70. The highest BCUT2D eigenvalue weighted by atomic mass is 16.3. The zero-order valence-corrected chi connectivity index (χ0v) is 19.8. The number of benzene rings is 2. The highest BCUT2D eigenvalue weighted by molar-refractivity contribution is 5.90. The second-order valence-corrected chi connectivity index (χ2v) is 9.86. The number of aryl methyl sites for hydroxylation is 2. The number of carbonyl (C=O) groups is 1. The highest BCUT2D eigenvalue weighted by Crippen LogP contribution is 2.33. The van der Waals surface area contributed by atoms with Gasteiger partial charge in [-0.05, 0) is 80.0 Å². The number of aliphatic hydroxyl groups is 1. The number of amides is 1. The van der Waals surface area contributed by atoms with Crippen molar-refractivity contribution < 1.29 is 9.90 Å². The van der Waals surface area contributed by atoms with Crippen molar-refractivity contribution >= 4 is 22.6 Å². The molecule has 0 saturated carbocycles. The Labute approximate surface area is 195 Å². The van der Waals surface area contributed by atoms with Crippen molar-refractivity contribution in [2.75, 3.05) is 25.0 Å². The molecule has 174 valence electrons. The van der Waals surface area contributed by atoms with Crippen molar-refractivity contribution in [3.8, 4) is 0 Å². The number of rotatable bonds is 5. The molecular weight excluding hydrogens is 412 g/mol. The number of β-amino-alcohol motifs (C(OH)–C–C–N with tert-alkyl or cyclic N) is 1. The van der Waals surface area contributed by atoms with Gasteiger partial charge in [0.25, 0.3) is 0 Å². The molecule has 1 fully saturated rings. The third-order valence-corrected chi connectivity index (χ3v) is 7.33. The van der Waals surface area contributed by atoms with Gasteiger partial charge in [0.1, 0.15) is 5.82 Å². The molecule has 2 aromatic carbocycles. The fourth-order valence-corrected chi connectivity index (χ4v) is 5.73. The number of piperidine rings is 1. The van der Waals surface area contributed by atoms with Crippen molar-refractivity contribution in [1.29, 1.82) is 0 Å². The van der Waals surface area contributed by atoms with Crippen LogP contribution in [0.25, 0.3) is 11.0 Å². The lowest BCUT2D eigenvalue weighted by atomic mass is 9.98. The number of likely N-dealkylation sites (tertiary alicyclic amines) is 1. The average Bonchev–Trinajstić information content (AvgIpc) is 3.32. The van der Waals surface area contributed by atoms with Crippen molar-refractivity contribution in [2.45, 2.75) is 58.6 Å². The molecule has 1 amide bonds. The Morgan fingerprint density at radius 3 is 2.76 bits per heavy atom. The number of nitrogens with zero attached hydrogens (tertiary/aromatic N) is 3. The van der Waals surface area contributed by atoms with Crippen molar-refractivity contribution in [2.24, 2.45) is 5.92 Å². The molecule has 6 nitrogen and oxygen atoms in total. The normalized spacial score (nSPS) is 23.1. The summed E-state index contributed by atoms with van der Waals surface area (Å²) in [5.41, 5.74) is 6.98. The van der Waals surface area contributed by atoms with Crippen LogP contribution >= 0.6 is 0 Å². The van der Waals surface area contributed by atoms with Gasteiger partial charge in [-0.25, -0.2) is 4.98 Å². The van der Waals surface area contributed by atoms with Crippen LogP contribution in [0, 0.1) is 19.8 Å². The van der Waals surface area contributed by atoms with E-state index in [0.29, 0.717) is 18.9 Å². The summed E-state index contributed by atoms with van der Waals surface area (Å²) in [6.45, 7) is 8.68. The zero-order chi connectivity index (χ0) is 23.1. The van der Waals surface area contributed by atoms with E-state index in [9.17, 15) is 9.90 Å². The maximum atomic E-state index is 11.7. The van der Waals surface area contributed by atoms with Gasteiger partial charge >= 0.3 is 0 Å². The summed E-state index contributed by atoms with van der Waals surface area (Å²) in [5.74, 6) is 1.59. The second-order valence-electron chi connectivity index (χ2n) is 9.86. The first kappa shape index (κ1) is 22.1. The van der Waals surface area contributed by atoms with Gasteiger partial charge in [-0.15, -0.1) is 0 Å². The summed E-state index contributed by atoms with van der Waals surface area (Å²) in [4.78, 5) is 18.9. The first-order valence-electron chi connectivity index (χ1n) is 12.2. The quantitative estimate of drug-likeness (QED) is 0.621. The van der Waals surface area contributed by atoms with Gasteiger partial charge < -0.3 is 19.9 Å². The number of nitrogens with one attached hydrogen (secondary N) is 1. The Kier molecular flexibility index (Phi) is 5.97. The SMILES string of the molecule is CCC(=O)Nc1ccc2c(c1)CC(CN1CC[C@@H](n3c(C)nc4cc(C)ccc43)[C@H](O)C1)C2. The van der Waals surface area contributed by atoms with E-state index in [-0.39, 0.29) is 11.9 Å². The molecule has 3 aromatic rings. The molecular formula is C27H34N4O2. The molecule has 0 spiro atoms. The monoisotopic (exact) mass is 446 g/mol. The fraction of sp³-hybridized carbons (Fsp3) is 0.481. The fourth-order valence-electron chi connectivity index (χ4n) is 5.73. The molecule has 1 unspecified atom stereocenters. The van der Waals surface area contributed by atoms with Crippen LogP contribution in [-0.4, -0.2) is 51.2 Å². The van der Waals surface area contributed by atoms with Crippen LogP contribution in [0.1, 0.15) is 48.3 Å². The predicted octanol–water partition coefficient (Wildman–Crippen LogP) is 4.02. The number of hydrogen-bond donors (Lipinski definition) is 2. The summed E-state index contributed by atoms with van der Waals surface area (Å²) in [7, 11) is 0. The molecule has 2 N–H and O–H groups in total. The van der Waals surface area contributed by atoms with Gasteiger partial charge in [-0.2, -0.15) is 0 Å². The minimum absolute atomic E-state index is 0.0531. The van der Waals surface area contributed by atoms with E-state index in [4.69, 9.17) is 4.98 Å². The first-order valence-corrected chi connectivity index (χ1v) is 12.2. The summed E-state index contributed by atoms with van der Waals surface area (Å²) in [5, 5.41) is 14.1. The van der Waals surface area contributed by atoms with Crippen LogP contribution in [0.5, 0.6) is 0 Å². The van der Waals surface area contributed by atoms with E-state index in [0.717, 1.165) is 54.9 Å². The highest BCUT2D eigenvalue weighted by Gasteiger charge is 2.33. The molecule has 2 aliphatic rings. The molecule has 33 heavy (non-hydrogen) atoms. The van der Waals surface area contributed by atoms with Crippen molar-refractivity contribution in [3.63, 3.8) is 0 Å². The van der Waals surface area contributed by atoms with Crippen molar-refractivity contribution in [1.82, 2.24) is 14.5 Å². The number of aromatic nitrogens is 2. The summed E-state index contributed by atoms with van der Waals surface area (Å²) in [6.07, 6.45) is 3.11. The van der Waals surface area contributed by atoms with E-state index < -0.39 is 6.10 Å². The maximum Gasteiger partial charge on any atom is 0.224 e.